The van der Waals surface area contributed by atoms with Crippen LogP contribution in [-0.2, 0) is 42.9 Å². The van der Waals surface area contributed by atoms with Crippen molar-refractivity contribution in [1.29, 1.82) is 0 Å². The average molecular weight is 997 g/mol. The van der Waals surface area contributed by atoms with Crippen molar-refractivity contribution in [3.63, 3.8) is 0 Å². The lowest BCUT2D eigenvalue weighted by atomic mass is 9.98. The summed E-state index contributed by atoms with van der Waals surface area (Å²) in [6.45, 7) is 5.75. The summed E-state index contributed by atoms with van der Waals surface area (Å²) < 4.78 is 28.2. The molecule has 1 aliphatic heterocycles. The Morgan fingerprint density at radius 2 is 0.901 bits per heavy atom. The molecule has 404 valence electrons. The molecule has 0 aromatic carbocycles. The molecule has 6 atom stereocenters. The quantitative estimate of drug-likeness (QED) is 0.0228. The normalized spacial score (nSPS) is 19.1. The van der Waals surface area contributed by atoms with Gasteiger partial charge in [-0.15, -0.1) is 0 Å². The predicted molar refractivity (Wildman–Crippen MR) is 284 cm³/mol. The smallest absolute Gasteiger partial charge is 0.335 e. The number of carbonyl (C=O) groups excluding carboxylic acids is 3. The number of allylic oxidation sites excluding steroid dienone is 14. The molecular formula is C59H96O12. The van der Waals surface area contributed by atoms with Gasteiger partial charge in [0.25, 0.3) is 0 Å². The number of carboxylic acids is 1. The molecule has 0 bridgehead atoms. The number of aliphatic hydroxyl groups is 2. The molecular weight excluding hydrogens is 901 g/mol. The van der Waals surface area contributed by atoms with Crippen LogP contribution < -0.4 is 0 Å². The topological polar surface area (TPSA) is 175 Å². The Morgan fingerprint density at radius 1 is 0.479 bits per heavy atom. The van der Waals surface area contributed by atoms with E-state index in [-0.39, 0.29) is 25.9 Å². The fourth-order valence-corrected chi connectivity index (χ4v) is 7.73. The van der Waals surface area contributed by atoms with Gasteiger partial charge in [-0.1, -0.05) is 189 Å². The van der Waals surface area contributed by atoms with Crippen LogP contribution in [0.5, 0.6) is 0 Å². The summed E-state index contributed by atoms with van der Waals surface area (Å²) >= 11 is 0. The van der Waals surface area contributed by atoms with Gasteiger partial charge in [-0.25, -0.2) is 4.79 Å². The van der Waals surface area contributed by atoms with Gasteiger partial charge in [-0.05, 0) is 89.9 Å². The monoisotopic (exact) mass is 997 g/mol. The van der Waals surface area contributed by atoms with Gasteiger partial charge in [0, 0.05) is 19.3 Å². The number of aliphatic carboxylic acids is 1. The molecule has 0 aromatic heterocycles. The van der Waals surface area contributed by atoms with Crippen LogP contribution in [0.2, 0.25) is 0 Å². The lowest BCUT2D eigenvalue weighted by molar-refractivity contribution is -0.301. The van der Waals surface area contributed by atoms with Gasteiger partial charge < -0.3 is 39.0 Å². The molecule has 3 N–H and O–H groups in total. The highest BCUT2D eigenvalue weighted by atomic mass is 16.7. The standard InChI is InChI=1S/C59H96O12/c1-4-7-10-13-16-19-21-23-25-26-28-29-31-34-36-39-42-45-51(60)67-48-50(69-52(61)46-43-40-37-33-18-15-12-9-6-3)49-68-59-57(55(64)54(63)56(71-59)58(65)66)70-53(62)47-44-41-38-35-32-30-27-24-22-20-17-14-11-8-5-2/h7,10,16-17,19-20,23-25,27-29,34,36,50,54-57,59,63-64H,4-6,8-9,11-15,18,21-22,26,30-33,35,37-49H2,1-3H3,(H,65,66)/b10-7-,19-16-,20-17-,25-23-,27-24-,29-28-,36-34-. The van der Waals surface area contributed by atoms with E-state index in [1.807, 2.05) is 6.08 Å². The highest BCUT2D eigenvalue weighted by Crippen LogP contribution is 2.26. The van der Waals surface area contributed by atoms with Gasteiger partial charge in [0.2, 0.25) is 0 Å². The number of aliphatic hydroxyl groups excluding tert-OH is 2. The third-order valence-electron chi connectivity index (χ3n) is 12.0. The number of carbonyl (C=O) groups is 4. The number of hydrogen-bond acceptors (Lipinski definition) is 11. The van der Waals surface area contributed by atoms with Gasteiger partial charge in [-0.2, -0.15) is 0 Å². The number of hydrogen-bond donors (Lipinski definition) is 3. The number of carboxylic acid groups (broad SMARTS) is 1. The molecule has 12 heteroatoms. The lowest BCUT2D eigenvalue weighted by Gasteiger charge is -2.40. The first-order valence-corrected chi connectivity index (χ1v) is 27.6. The molecule has 0 radical (unpaired) electrons. The van der Waals surface area contributed by atoms with Gasteiger partial charge in [0.05, 0.1) is 6.61 Å². The Bertz CT molecular complexity index is 1560. The van der Waals surface area contributed by atoms with Gasteiger partial charge in [0.1, 0.15) is 18.8 Å². The first-order valence-electron chi connectivity index (χ1n) is 27.6. The molecule has 6 unspecified atom stereocenters. The summed E-state index contributed by atoms with van der Waals surface area (Å²) in [6.07, 6.45) is 47.2. The van der Waals surface area contributed by atoms with E-state index in [4.69, 9.17) is 23.7 Å². The van der Waals surface area contributed by atoms with Crippen LogP contribution in [0.1, 0.15) is 213 Å². The van der Waals surface area contributed by atoms with Crippen LogP contribution in [0.3, 0.4) is 0 Å². The van der Waals surface area contributed by atoms with Gasteiger partial charge in [-0.3, -0.25) is 14.4 Å². The van der Waals surface area contributed by atoms with Crippen LogP contribution in [0.25, 0.3) is 0 Å². The second-order valence-corrected chi connectivity index (χ2v) is 18.5. The lowest BCUT2D eigenvalue weighted by Crippen LogP contribution is -2.61. The fourth-order valence-electron chi connectivity index (χ4n) is 7.73. The van der Waals surface area contributed by atoms with Crippen molar-refractivity contribution in [2.45, 2.75) is 250 Å². The van der Waals surface area contributed by atoms with E-state index in [0.29, 0.717) is 25.7 Å². The van der Waals surface area contributed by atoms with E-state index in [0.717, 1.165) is 96.3 Å². The van der Waals surface area contributed by atoms with E-state index in [2.05, 4.69) is 99.8 Å². The van der Waals surface area contributed by atoms with Crippen molar-refractivity contribution in [3.05, 3.63) is 85.1 Å². The van der Waals surface area contributed by atoms with Gasteiger partial charge >= 0.3 is 23.9 Å². The molecule has 0 aromatic rings. The Balaban J connectivity index is 2.73. The van der Waals surface area contributed by atoms with Crippen LogP contribution in [0, 0.1) is 0 Å². The maximum absolute atomic E-state index is 13.0. The Kier molecular flexibility index (Phi) is 42.9. The SMILES string of the molecule is CC/C=C\C/C=C\C/C=C\C/C=C\C/C=C\CCCC(=O)OCC(COC1OC(C(=O)O)C(O)C(O)C1OC(=O)CCCCCCC/C=C\C/C=C\CCCCC)OC(=O)CCCCCCCCCCC. The summed E-state index contributed by atoms with van der Waals surface area (Å²) in [7, 11) is 0. The minimum atomic E-state index is -1.92. The fraction of sp³-hybridized carbons (Fsp3) is 0.695. The molecule has 0 aliphatic carbocycles. The average Bonchev–Trinajstić information content (AvgIpc) is 3.35. The van der Waals surface area contributed by atoms with Crippen molar-refractivity contribution in [3.8, 4) is 0 Å². The summed E-state index contributed by atoms with van der Waals surface area (Å²) in [5.41, 5.74) is 0. The second-order valence-electron chi connectivity index (χ2n) is 18.5. The number of unbranched alkanes of at least 4 members (excludes halogenated alkanes) is 17. The Labute approximate surface area is 429 Å². The highest BCUT2D eigenvalue weighted by Gasteiger charge is 2.50. The first-order chi connectivity index (χ1) is 34.6. The largest absolute Gasteiger partial charge is 0.479 e. The zero-order valence-electron chi connectivity index (χ0n) is 44.2. The molecule has 0 spiro atoms. The zero-order chi connectivity index (χ0) is 51.8. The first kappa shape index (κ1) is 64.9. The summed E-state index contributed by atoms with van der Waals surface area (Å²) in [6, 6.07) is 0. The Morgan fingerprint density at radius 3 is 1.42 bits per heavy atom. The van der Waals surface area contributed by atoms with Crippen LogP contribution >= 0.6 is 0 Å². The minimum Gasteiger partial charge on any atom is -0.479 e. The van der Waals surface area contributed by atoms with Crippen molar-refractivity contribution < 1.29 is 58.2 Å². The molecule has 1 rings (SSSR count). The third kappa shape index (κ3) is 37.3. The van der Waals surface area contributed by atoms with E-state index >= 15 is 0 Å². The molecule has 0 amide bonds. The van der Waals surface area contributed by atoms with Crippen LogP contribution in [0.15, 0.2) is 85.1 Å². The molecule has 12 nitrogen and oxygen atoms in total. The number of rotatable bonds is 45. The molecule has 1 aliphatic rings. The number of ether oxygens (including phenoxy) is 5. The maximum atomic E-state index is 13.0. The van der Waals surface area contributed by atoms with Crippen molar-refractivity contribution in [2.24, 2.45) is 0 Å². The molecule has 71 heavy (non-hydrogen) atoms. The predicted octanol–water partition coefficient (Wildman–Crippen LogP) is 13.6. The van der Waals surface area contributed by atoms with Crippen molar-refractivity contribution in [1.82, 2.24) is 0 Å². The summed E-state index contributed by atoms with van der Waals surface area (Å²) in [5, 5.41) is 31.4. The highest BCUT2D eigenvalue weighted by molar-refractivity contribution is 5.74. The molecule has 1 fully saturated rings. The second kappa shape index (κ2) is 46.9. The van der Waals surface area contributed by atoms with Crippen molar-refractivity contribution >= 4 is 23.9 Å². The number of esters is 3. The van der Waals surface area contributed by atoms with Gasteiger partial charge in [0.15, 0.2) is 24.6 Å². The third-order valence-corrected chi connectivity index (χ3v) is 12.0. The molecule has 1 saturated heterocycles. The maximum Gasteiger partial charge on any atom is 0.335 e. The van der Waals surface area contributed by atoms with E-state index in [1.165, 1.54) is 51.4 Å². The van der Waals surface area contributed by atoms with E-state index in [1.54, 1.807) is 0 Å². The van der Waals surface area contributed by atoms with Crippen LogP contribution in [-0.4, -0.2) is 89.2 Å². The van der Waals surface area contributed by atoms with Crippen molar-refractivity contribution in [2.75, 3.05) is 13.2 Å². The minimum absolute atomic E-state index is 0.0367. The zero-order valence-corrected chi connectivity index (χ0v) is 44.2. The van der Waals surface area contributed by atoms with E-state index in [9.17, 15) is 34.5 Å². The molecule has 0 saturated carbocycles. The van der Waals surface area contributed by atoms with Crippen LogP contribution in [0.4, 0.5) is 0 Å². The molecule has 1 heterocycles. The summed E-state index contributed by atoms with van der Waals surface area (Å²) in [5.74, 6) is -3.22. The summed E-state index contributed by atoms with van der Waals surface area (Å²) in [4.78, 5) is 50.9. The van der Waals surface area contributed by atoms with E-state index < -0.39 is 67.3 Å². The Hall–Kier alpha value is -4.10.